The molecule has 0 aromatic heterocycles. The lowest BCUT2D eigenvalue weighted by molar-refractivity contribution is -0.151. The van der Waals surface area contributed by atoms with E-state index in [1.54, 1.807) is 5.57 Å². The molecule has 0 amide bonds. The van der Waals surface area contributed by atoms with E-state index in [-0.39, 0.29) is 12.1 Å². The van der Waals surface area contributed by atoms with Crippen molar-refractivity contribution < 1.29 is 9.53 Å². The van der Waals surface area contributed by atoms with Crippen molar-refractivity contribution >= 4 is 5.97 Å². The molecule has 8 atom stereocenters. The van der Waals surface area contributed by atoms with E-state index in [4.69, 9.17) is 4.74 Å². The van der Waals surface area contributed by atoms with Crippen LogP contribution >= 0.6 is 0 Å². The average molecular weight is 669 g/mol. The molecule has 0 aromatic carbocycles. The zero-order chi connectivity index (χ0) is 33.7. The third-order valence-corrected chi connectivity index (χ3v) is 14.2. The van der Waals surface area contributed by atoms with Crippen molar-refractivity contribution in [3.63, 3.8) is 0 Å². The molecule has 0 N–H and O–H groups in total. The Morgan fingerprint density at radius 2 is 1.49 bits per heavy atom. The van der Waals surface area contributed by atoms with Crippen LogP contribution in [0.15, 0.2) is 23.8 Å². The number of rotatable bonds is 21. The maximum Gasteiger partial charge on any atom is 0.306 e. The lowest BCUT2D eigenvalue weighted by Gasteiger charge is -2.58. The molecular weight excluding hydrogens is 590 g/mol. The number of fused-ring (bicyclic) bond motifs is 5. The van der Waals surface area contributed by atoms with Crippen LogP contribution in [0.3, 0.4) is 0 Å². The van der Waals surface area contributed by atoms with Crippen LogP contribution in [-0.4, -0.2) is 12.1 Å². The van der Waals surface area contributed by atoms with Crippen molar-refractivity contribution in [2.24, 2.45) is 46.3 Å². The lowest BCUT2D eigenvalue weighted by atomic mass is 9.47. The summed E-state index contributed by atoms with van der Waals surface area (Å²) in [6, 6.07) is 0. The molecule has 2 nitrogen and oxygen atoms in total. The highest BCUT2D eigenvalue weighted by atomic mass is 16.6. The highest BCUT2D eigenvalue weighted by Crippen LogP contribution is 2.67. The van der Waals surface area contributed by atoms with Gasteiger partial charge < -0.3 is 4.74 Å². The van der Waals surface area contributed by atoms with Crippen LogP contribution in [0.2, 0.25) is 0 Å². The number of allylic oxidation sites excluding steroid dienone is 3. The van der Waals surface area contributed by atoms with Gasteiger partial charge in [0.25, 0.3) is 0 Å². The first-order valence-corrected chi connectivity index (χ1v) is 21.2. The predicted octanol–water partition coefficient (Wildman–Crippen LogP) is 14.0. The summed E-state index contributed by atoms with van der Waals surface area (Å²) in [5.41, 5.74) is 2.53. The van der Waals surface area contributed by atoms with E-state index < -0.39 is 0 Å². The first kappa shape index (κ1) is 38.7. The molecule has 0 aliphatic heterocycles. The van der Waals surface area contributed by atoms with E-state index in [2.05, 4.69) is 59.8 Å². The topological polar surface area (TPSA) is 26.3 Å². The van der Waals surface area contributed by atoms with Gasteiger partial charge in [0.2, 0.25) is 0 Å². The van der Waals surface area contributed by atoms with E-state index in [0.717, 1.165) is 61.2 Å². The Labute approximate surface area is 293 Å². The zero-order valence-electron chi connectivity index (χ0n) is 32.3. The van der Waals surface area contributed by atoms with Gasteiger partial charge in [0.1, 0.15) is 6.10 Å². The molecular formula is C45H78O2. The number of ether oxygens (including phenoxy) is 1. The second-order valence-electron chi connectivity index (χ2n) is 18.0. The number of carbonyl (C=O) groups is 1. The summed E-state index contributed by atoms with van der Waals surface area (Å²) in [5.74, 6) is 5.31. The van der Waals surface area contributed by atoms with Crippen molar-refractivity contribution in [2.45, 2.75) is 208 Å². The molecule has 4 rings (SSSR count). The molecule has 47 heavy (non-hydrogen) atoms. The Bertz CT molecular complexity index is 976. The fraction of sp³-hybridized carbons (Fsp3) is 0.889. The first-order valence-electron chi connectivity index (χ1n) is 21.2. The van der Waals surface area contributed by atoms with Crippen LogP contribution < -0.4 is 0 Å². The second kappa shape index (κ2) is 19.4. The molecule has 0 aromatic rings. The third kappa shape index (κ3) is 10.7. The standard InChI is InChI=1S/C45H78O2/c1-7-8-9-10-11-12-13-14-15-16-17-18-19-20-21-25-43(46)47-38-30-32-44(5)37(34-38)26-27-39-41-29-28-40(36(4)24-22-23-35(2)3)45(41,6)33-31-42(39)44/h14-15,26,35-36,38-42H,7-13,16-25,27-34H2,1-6H3/b15-14+/t36-,38+,39+,40-,41+,42+,44+,45-/m1/s1/i1+1,7+1,8+1,9+1,10+1,11+1,12+1,13+1,14+1,15+1,16+1,17+1,18+1,19+1,20+1,21+1,25+1,43+1. The fourth-order valence-corrected chi connectivity index (χ4v) is 11.3. The lowest BCUT2D eigenvalue weighted by Crippen LogP contribution is -2.51. The third-order valence-electron chi connectivity index (χ3n) is 14.2. The SMILES string of the molecule is CC(C)CCC[C@@H](C)[C@H]1CC[C@H]2[C@@H]3CC=C4C[C@@H](O[13C](=O)[13CH2][13CH2][13CH2][13CH2][13CH2][13CH2][13CH2]/[13CH]=[13CH]/[13CH2][13CH2][13CH2][13CH2][13CH2][13CH2][13CH2][13CH3])CC[C@]4(C)[C@H]3CC[C@]12C. The van der Waals surface area contributed by atoms with E-state index in [1.165, 1.54) is 128 Å². The maximum atomic E-state index is 12.8. The summed E-state index contributed by atoms with van der Waals surface area (Å²) in [5, 5.41) is 0. The summed E-state index contributed by atoms with van der Waals surface area (Å²) in [6.07, 6.45) is 39.5. The van der Waals surface area contributed by atoms with Gasteiger partial charge in [-0.2, -0.15) is 0 Å². The van der Waals surface area contributed by atoms with Gasteiger partial charge in [-0.15, -0.1) is 0 Å². The average Bonchev–Trinajstić information content (AvgIpc) is 3.40. The number of carbonyl (C=O) groups excluding carboxylic acids is 1. The van der Waals surface area contributed by atoms with Crippen molar-refractivity contribution in [1.82, 2.24) is 0 Å². The first-order chi connectivity index (χ1) is 22.7. The van der Waals surface area contributed by atoms with E-state index in [1.807, 2.05) is 0 Å². The van der Waals surface area contributed by atoms with Gasteiger partial charge in [0, 0.05) is 12.8 Å². The molecule has 0 radical (unpaired) electrons. The highest BCUT2D eigenvalue weighted by molar-refractivity contribution is 5.69. The molecule has 0 heterocycles. The summed E-state index contributed by atoms with van der Waals surface area (Å²) < 4.78 is 6.12. The van der Waals surface area contributed by atoms with Gasteiger partial charge in [-0.25, -0.2) is 0 Å². The van der Waals surface area contributed by atoms with Crippen molar-refractivity contribution in [3.05, 3.63) is 23.8 Å². The number of hydrogen-bond donors (Lipinski definition) is 0. The van der Waals surface area contributed by atoms with Crippen LogP contribution in [0.5, 0.6) is 0 Å². The molecule has 0 saturated heterocycles. The van der Waals surface area contributed by atoms with Crippen molar-refractivity contribution in [2.75, 3.05) is 0 Å². The van der Waals surface area contributed by atoms with Crippen molar-refractivity contribution in [1.29, 1.82) is 0 Å². The molecule has 4 aliphatic rings. The largest absolute Gasteiger partial charge is 0.462 e. The molecule has 0 bridgehead atoms. The fourth-order valence-electron chi connectivity index (χ4n) is 11.3. The Kier molecular flexibility index (Phi) is 16.0. The molecule has 0 spiro atoms. The van der Waals surface area contributed by atoms with Crippen LogP contribution in [0.4, 0.5) is 0 Å². The number of unbranched alkanes of at least 4 members (excludes halogenated alkanes) is 11. The molecule has 2 heteroatoms. The van der Waals surface area contributed by atoms with Crippen LogP contribution in [0.1, 0.15) is 202 Å². The van der Waals surface area contributed by atoms with Gasteiger partial charge in [0.05, 0.1) is 0 Å². The Hall–Kier alpha value is -1.05. The van der Waals surface area contributed by atoms with Crippen molar-refractivity contribution in [3.8, 4) is 0 Å². The minimum atomic E-state index is 0.0541. The molecule has 3 saturated carbocycles. The molecule has 4 aliphatic carbocycles. The van der Waals surface area contributed by atoms with Gasteiger partial charge in [-0.1, -0.05) is 136 Å². The molecule has 270 valence electrons. The molecule has 0 unspecified atom stereocenters. The van der Waals surface area contributed by atoms with Crippen LogP contribution in [0, 0.1) is 46.3 Å². The molecule has 3 fully saturated rings. The van der Waals surface area contributed by atoms with Crippen LogP contribution in [0.25, 0.3) is 0 Å². The predicted molar refractivity (Wildman–Crippen MR) is 202 cm³/mol. The van der Waals surface area contributed by atoms with Gasteiger partial charge in [-0.05, 0) is 123 Å². The van der Waals surface area contributed by atoms with Gasteiger partial charge in [0.15, 0.2) is 0 Å². The van der Waals surface area contributed by atoms with Crippen LogP contribution in [-0.2, 0) is 9.53 Å². The minimum Gasteiger partial charge on any atom is -0.462 e. The maximum absolute atomic E-state index is 12.8. The summed E-state index contributed by atoms with van der Waals surface area (Å²) >= 11 is 0. The summed E-state index contributed by atoms with van der Waals surface area (Å²) in [7, 11) is 0. The Morgan fingerprint density at radius 1 is 0.809 bits per heavy atom. The second-order valence-corrected chi connectivity index (χ2v) is 18.0. The Morgan fingerprint density at radius 3 is 2.19 bits per heavy atom. The minimum absolute atomic E-state index is 0.0541. The quantitative estimate of drug-likeness (QED) is 0.0527. The van der Waals surface area contributed by atoms with E-state index in [9.17, 15) is 4.79 Å². The van der Waals surface area contributed by atoms with E-state index in [0.29, 0.717) is 17.3 Å². The normalized spacial score (nSPS) is 32.6. The van der Waals surface area contributed by atoms with Gasteiger partial charge in [-0.3, -0.25) is 4.79 Å². The number of esters is 1. The highest BCUT2D eigenvalue weighted by Gasteiger charge is 2.59. The van der Waals surface area contributed by atoms with E-state index >= 15 is 0 Å². The summed E-state index contributed by atoms with van der Waals surface area (Å²) in [4.78, 5) is 12.8. The van der Waals surface area contributed by atoms with Gasteiger partial charge >= 0.3 is 5.97 Å². The monoisotopic (exact) mass is 669 g/mol. The zero-order valence-corrected chi connectivity index (χ0v) is 32.3. The Balaban J connectivity index is 1.12. The number of hydrogen-bond acceptors (Lipinski definition) is 2. The smallest absolute Gasteiger partial charge is 0.306 e. The summed E-state index contributed by atoms with van der Waals surface area (Å²) in [6.45, 7) is 14.9.